The average molecular weight is 278 g/mol. The number of fused-ring (bicyclic) bond motifs is 1. The first-order valence-electron chi connectivity index (χ1n) is 6.69. The molecule has 6 nitrogen and oxygen atoms in total. The van der Waals surface area contributed by atoms with Gasteiger partial charge in [-0.05, 0) is 30.5 Å². The van der Waals surface area contributed by atoms with Crippen molar-refractivity contribution in [1.82, 2.24) is 9.88 Å². The molecule has 2 heterocycles. The van der Waals surface area contributed by atoms with Crippen LogP contribution in [0, 0.1) is 0 Å². The lowest BCUT2D eigenvalue weighted by molar-refractivity contribution is -0.143. The van der Waals surface area contributed by atoms with Gasteiger partial charge in [-0.25, -0.2) is 9.78 Å². The minimum absolute atomic E-state index is 0.0868. The zero-order valence-corrected chi connectivity index (χ0v) is 11.5. The number of esters is 1. The van der Waals surface area contributed by atoms with Crippen molar-refractivity contribution in [2.75, 3.05) is 19.7 Å². The van der Waals surface area contributed by atoms with E-state index in [0.717, 1.165) is 24.1 Å². The molecule has 0 atom stereocenters. The van der Waals surface area contributed by atoms with Gasteiger partial charge in [-0.15, -0.1) is 0 Å². The second-order valence-electron chi connectivity index (χ2n) is 4.72. The summed E-state index contributed by atoms with van der Waals surface area (Å²) in [6.45, 7) is 4.36. The van der Waals surface area contributed by atoms with E-state index in [1.807, 2.05) is 0 Å². The van der Waals surface area contributed by atoms with Gasteiger partial charge in [0.15, 0.2) is 0 Å². The van der Waals surface area contributed by atoms with E-state index in [0.29, 0.717) is 26.1 Å². The number of carboxylic acid groups (broad SMARTS) is 1. The summed E-state index contributed by atoms with van der Waals surface area (Å²) in [5.74, 6) is -1.19. The summed E-state index contributed by atoms with van der Waals surface area (Å²) in [5.41, 5.74) is 2.15. The Bertz CT molecular complexity index is 516. The molecule has 1 aromatic rings. The van der Waals surface area contributed by atoms with Crippen LogP contribution in [0.3, 0.4) is 0 Å². The highest BCUT2D eigenvalue weighted by atomic mass is 16.5. The lowest BCUT2D eigenvalue weighted by Gasteiger charge is -2.28. The summed E-state index contributed by atoms with van der Waals surface area (Å²) in [4.78, 5) is 28.3. The van der Waals surface area contributed by atoms with Gasteiger partial charge in [-0.3, -0.25) is 9.69 Å². The van der Waals surface area contributed by atoms with Crippen LogP contribution in [0.2, 0.25) is 0 Å². The number of nitrogens with zero attached hydrogens (tertiary/aromatic N) is 2. The first kappa shape index (κ1) is 14.5. The van der Waals surface area contributed by atoms with Crippen LogP contribution >= 0.6 is 0 Å². The van der Waals surface area contributed by atoms with Crippen molar-refractivity contribution in [3.63, 3.8) is 0 Å². The average Bonchev–Trinajstić information content (AvgIpc) is 2.44. The maximum absolute atomic E-state index is 11.3. The number of hydrogen-bond acceptors (Lipinski definition) is 5. The van der Waals surface area contributed by atoms with Crippen LogP contribution in [0.5, 0.6) is 0 Å². The van der Waals surface area contributed by atoms with E-state index in [-0.39, 0.29) is 11.7 Å². The number of pyridine rings is 1. The van der Waals surface area contributed by atoms with Gasteiger partial charge in [0.2, 0.25) is 0 Å². The molecule has 0 aliphatic carbocycles. The fourth-order valence-corrected chi connectivity index (χ4v) is 2.29. The van der Waals surface area contributed by atoms with Crippen LogP contribution < -0.4 is 0 Å². The monoisotopic (exact) mass is 278 g/mol. The molecule has 1 aromatic heterocycles. The van der Waals surface area contributed by atoms with Crippen molar-refractivity contribution in [1.29, 1.82) is 0 Å². The number of ether oxygens (including phenoxy) is 1. The quantitative estimate of drug-likeness (QED) is 0.812. The van der Waals surface area contributed by atoms with E-state index < -0.39 is 5.97 Å². The molecule has 1 N–H and O–H groups in total. The van der Waals surface area contributed by atoms with Crippen molar-refractivity contribution in [3.8, 4) is 0 Å². The van der Waals surface area contributed by atoms with Crippen LogP contribution in [0.15, 0.2) is 12.3 Å². The SMILES string of the molecule is CCOC(=O)CCN1CCc2cc(C(=O)O)ncc2C1. The molecule has 6 heteroatoms. The third-order valence-electron chi connectivity index (χ3n) is 3.33. The molecule has 0 unspecified atom stereocenters. The van der Waals surface area contributed by atoms with Crippen LogP contribution in [0.1, 0.15) is 35.0 Å². The van der Waals surface area contributed by atoms with Crippen LogP contribution in [0.4, 0.5) is 0 Å². The fourth-order valence-electron chi connectivity index (χ4n) is 2.29. The van der Waals surface area contributed by atoms with Crippen molar-refractivity contribution >= 4 is 11.9 Å². The lowest BCUT2D eigenvalue weighted by atomic mass is 10.0. The van der Waals surface area contributed by atoms with Gasteiger partial charge in [0.05, 0.1) is 13.0 Å². The number of carbonyl (C=O) groups is 2. The Kier molecular flexibility index (Phi) is 4.68. The second kappa shape index (κ2) is 6.47. The minimum atomic E-state index is -1.00. The molecule has 0 saturated heterocycles. The molecule has 108 valence electrons. The molecule has 0 aromatic carbocycles. The fraction of sp³-hybridized carbons (Fsp3) is 0.500. The topological polar surface area (TPSA) is 79.7 Å². The van der Waals surface area contributed by atoms with Crippen LogP contribution in [-0.4, -0.2) is 46.6 Å². The number of hydrogen-bond donors (Lipinski definition) is 1. The predicted molar refractivity (Wildman–Crippen MR) is 71.4 cm³/mol. The molecular formula is C14H18N2O4. The second-order valence-corrected chi connectivity index (χ2v) is 4.72. The van der Waals surface area contributed by atoms with E-state index >= 15 is 0 Å². The van der Waals surface area contributed by atoms with Crippen molar-refractivity contribution in [2.24, 2.45) is 0 Å². The van der Waals surface area contributed by atoms with Gasteiger partial charge < -0.3 is 9.84 Å². The van der Waals surface area contributed by atoms with Gasteiger partial charge in [0, 0.05) is 25.8 Å². The third-order valence-corrected chi connectivity index (χ3v) is 3.33. The number of rotatable bonds is 5. The molecular weight excluding hydrogens is 260 g/mol. The highest BCUT2D eigenvalue weighted by molar-refractivity contribution is 5.85. The van der Waals surface area contributed by atoms with Gasteiger partial charge >= 0.3 is 11.9 Å². The predicted octanol–water partition coefficient (Wildman–Crippen LogP) is 1.09. The van der Waals surface area contributed by atoms with E-state index in [1.54, 1.807) is 19.2 Å². The summed E-state index contributed by atoms with van der Waals surface area (Å²) >= 11 is 0. The summed E-state index contributed by atoms with van der Waals surface area (Å²) < 4.78 is 4.90. The standard InChI is InChI=1S/C14H18N2O4/c1-2-20-13(17)4-6-16-5-3-10-7-12(14(18)19)15-8-11(10)9-16/h7-8H,2-6,9H2,1H3,(H,18,19). The Morgan fingerprint density at radius 1 is 1.45 bits per heavy atom. The first-order chi connectivity index (χ1) is 9.60. The summed E-state index contributed by atoms with van der Waals surface area (Å²) in [6, 6.07) is 1.64. The molecule has 20 heavy (non-hydrogen) atoms. The third kappa shape index (κ3) is 3.54. The number of carbonyl (C=O) groups excluding carboxylic acids is 1. The smallest absolute Gasteiger partial charge is 0.354 e. The Hall–Kier alpha value is -1.95. The van der Waals surface area contributed by atoms with Crippen molar-refractivity contribution in [3.05, 3.63) is 29.1 Å². The molecule has 2 rings (SSSR count). The molecule has 0 radical (unpaired) electrons. The first-order valence-corrected chi connectivity index (χ1v) is 6.69. The highest BCUT2D eigenvalue weighted by Gasteiger charge is 2.19. The van der Waals surface area contributed by atoms with Gasteiger partial charge in [0.25, 0.3) is 0 Å². The van der Waals surface area contributed by atoms with Crippen molar-refractivity contribution in [2.45, 2.75) is 26.3 Å². The summed E-state index contributed by atoms with van der Waals surface area (Å²) in [7, 11) is 0. The molecule has 1 aliphatic heterocycles. The Morgan fingerprint density at radius 2 is 2.25 bits per heavy atom. The summed E-state index contributed by atoms with van der Waals surface area (Å²) in [6.07, 6.45) is 2.78. The maximum Gasteiger partial charge on any atom is 0.354 e. The molecule has 0 saturated carbocycles. The zero-order chi connectivity index (χ0) is 14.5. The van der Waals surface area contributed by atoms with E-state index in [2.05, 4.69) is 9.88 Å². The molecule has 0 amide bonds. The van der Waals surface area contributed by atoms with E-state index in [1.165, 1.54) is 0 Å². The van der Waals surface area contributed by atoms with Gasteiger partial charge in [-0.2, -0.15) is 0 Å². The van der Waals surface area contributed by atoms with Crippen LogP contribution in [-0.2, 0) is 22.5 Å². The molecule has 1 aliphatic rings. The van der Waals surface area contributed by atoms with Gasteiger partial charge in [-0.1, -0.05) is 0 Å². The molecule has 0 fully saturated rings. The normalized spacial score (nSPS) is 14.7. The minimum Gasteiger partial charge on any atom is -0.477 e. The summed E-state index contributed by atoms with van der Waals surface area (Å²) in [5, 5.41) is 8.91. The van der Waals surface area contributed by atoms with Crippen LogP contribution in [0.25, 0.3) is 0 Å². The van der Waals surface area contributed by atoms with Crippen molar-refractivity contribution < 1.29 is 19.4 Å². The highest BCUT2D eigenvalue weighted by Crippen LogP contribution is 2.19. The number of carboxylic acids is 1. The van der Waals surface area contributed by atoms with Gasteiger partial charge in [0.1, 0.15) is 5.69 Å². The Labute approximate surface area is 117 Å². The largest absolute Gasteiger partial charge is 0.477 e. The number of aromatic nitrogens is 1. The Morgan fingerprint density at radius 3 is 2.95 bits per heavy atom. The van der Waals surface area contributed by atoms with E-state index in [4.69, 9.17) is 9.84 Å². The number of aromatic carboxylic acids is 1. The van der Waals surface area contributed by atoms with E-state index in [9.17, 15) is 9.59 Å². The Balaban J connectivity index is 1.94. The zero-order valence-electron chi connectivity index (χ0n) is 11.5. The maximum atomic E-state index is 11.3. The molecule has 0 bridgehead atoms. The lowest BCUT2D eigenvalue weighted by Crippen LogP contribution is -2.33. The molecule has 0 spiro atoms.